The lowest BCUT2D eigenvalue weighted by Crippen LogP contribution is -2.38. The molecule has 1 aromatic rings. The quantitative estimate of drug-likeness (QED) is 0.650. The van der Waals surface area contributed by atoms with Gasteiger partial charge >= 0.3 is 0 Å². The molecular formula is C18H28BrNO3. The molecule has 0 aromatic heterocycles. The zero-order valence-corrected chi connectivity index (χ0v) is 15.8. The SMILES string of the molecule is CC(C)CCO[C@@H](C)C(=O)NC[C@@H](CO)Cc1ccccc1Br. The van der Waals surface area contributed by atoms with Crippen molar-refractivity contribution in [2.45, 2.75) is 39.7 Å². The van der Waals surface area contributed by atoms with Gasteiger partial charge in [-0.05, 0) is 37.3 Å². The second kappa shape index (κ2) is 10.8. The van der Waals surface area contributed by atoms with Gasteiger partial charge in [-0.2, -0.15) is 0 Å². The molecule has 0 unspecified atom stereocenters. The van der Waals surface area contributed by atoms with E-state index in [0.29, 0.717) is 25.5 Å². The molecule has 1 amide bonds. The van der Waals surface area contributed by atoms with Gasteiger partial charge < -0.3 is 15.2 Å². The third-order valence-corrected chi connectivity index (χ3v) is 4.50. The number of aliphatic hydroxyl groups excluding tert-OH is 1. The van der Waals surface area contributed by atoms with Crippen LogP contribution in [0.25, 0.3) is 0 Å². The van der Waals surface area contributed by atoms with Gasteiger partial charge in [-0.1, -0.05) is 48.0 Å². The number of amides is 1. The number of hydrogen-bond acceptors (Lipinski definition) is 3. The van der Waals surface area contributed by atoms with E-state index in [0.717, 1.165) is 16.5 Å². The Labute approximate surface area is 147 Å². The minimum Gasteiger partial charge on any atom is -0.396 e. The topological polar surface area (TPSA) is 58.6 Å². The molecule has 130 valence electrons. The molecule has 2 atom stereocenters. The highest BCUT2D eigenvalue weighted by atomic mass is 79.9. The fraction of sp³-hybridized carbons (Fsp3) is 0.611. The van der Waals surface area contributed by atoms with Crippen molar-refractivity contribution in [3.05, 3.63) is 34.3 Å². The van der Waals surface area contributed by atoms with Gasteiger partial charge in [0.1, 0.15) is 6.10 Å². The van der Waals surface area contributed by atoms with Gasteiger partial charge in [-0.25, -0.2) is 0 Å². The van der Waals surface area contributed by atoms with Crippen molar-refractivity contribution in [2.75, 3.05) is 19.8 Å². The highest BCUT2D eigenvalue weighted by Gasteiger charge is 2.16. The molecule has 4 nitrogen and oxygen atoms in total. The van der Waals surface area contributed by atoms with Crippen LogP contribution in [-0.4, -0.2) is 36.9 Å². The van der Waals surface area contributed by atoms with E-state index in [1.54, 1.807) is 6.92 Å². The first-order chi connectivity index (χ1) is 10.9. The summed E-state index contributed by atoms with van der Waals surface area (Å²) in [7, 11) is 0. The Bertz CT molecular complexity index is 479. The second-order valence-corrected chi connectivity index (χ2v) is 7.14. The van der Waals surface area contributed by atoms with E-state index < -0.39 is 6.10 Å². The van der Waals surface area contributed by atoms with E-state index in [-0.39, 0.29) is 18.4 Å². The molecule has 0 radical (unpaired) electrons. The molecule has 0 heterocycles. The van der Waals surface area contributed by atoms with Crippen LogP contribution in [0.2, 0.25) is 0 Å². The zero-order valence-electron chi connectivity index (χ0n) is 14.2. The van der Waals surface area contributed by atoms with E-state index in [4.69, 9.17) is 4.74 Å². The normalized spacial score (nSPS) is 13.8. The Kier molecular flexibility index (Phi) is 9.44. The highest BCUT2D eigenvalue weighted by Crippen LogP contribution is 2.19. The van der Waals surface area contributed by atoms with Crippen LogP contribution in [-0.2, 0) is 16.0 Å². The Morgan fingerprint density at radius 1 is 1.30 bits per heavy atom. The average molecular weight is 386 g/mol. The largest absolute Gasteiger partial charge is 0.396 e. The predicted molar refractivity (Wildman–Crippen MR) is 96.3 cm³/mol. The number of benzene rings is 1. The van der Waals surface area contributed by atoms with Crippen LogP contribution >= 0.6 is 15.9 Å². The molecule has 0 aliphatic heterocycles. The van der Waals surface area contributed by atoms with Crippen LogP contribution in [0, 0.1) is 11.8 Å². The molecule has 5 heteroatoms. The van der Waals surface area contributed by atoms with Crippen LogP contribution in [0.3, 0.4) is 0 Å². The lowest BCUT2D eigenvalue weighted by molar-refractivity contribution is -0.132. The molecule has 2 N–H and O–H groups in total. The molecule has 1 aromatic carbocycles. The first-order valence-corrected chi connectivity index (χ1v) is 8.96. The van der Waals surface area contributed by atoms with E-state index in [2.05, 4.69) is 35.1 Å². The van der Waals surface area contributed by atoms with Gasteiger partial charge in [-0.15, -0.1) is 0 Å². The number of ether oxygens (including phenoxy) is 1. The third kappa shape index (κ3) is 7.95. The predicted octanol–water partition coefficient (Wildman–Crippen LogP) is 3.17. The monoisotopic (exact) mass is 385 g/mol. The minimum absolute atomic E-state index is 0.0134. The number of hydrogen-bond donors (Lipinski definition) is 2. The number of nitrogens with one attached hydrogen (secondary N) is 1. The van der Waals surface area contributed by atoms with Crippen molar-refractivity contribution in [2.24, 2.45) is 11.8 Å². The van der Waals surface area contributed by atoms with E-state index in [1.807, 2.05) is 24.3 Å². The summed E-state index contributed by atoms with van der Waals surface area (Å²) < 4.78 is 6.56. The fourth-order valence-electron chi connectivity index (χ4n) is 2.12. The van der Waals surface area contributed by atoms with Crippen LogP contribution in [0.1, 0.15) is 32.8 Å². The molecule has 0 aliphatic carbocycles. The van der Waals surface area contributed by atoms with Gasteiger partial charge in [0.25, 0.3) is 0 Å². The van der Waals surface area contributed by atoms with Crippen LogP contribution in [0.15, 0.2) is 28.7 Å². The van der Waals surface area contributed by atoms with Gasteiger partial charge in [0.2, 0.25) is 5.91 Å². The smallest absolute Gasteiger partial charge is 0.248 e. The Morgan fingerprint density at radius 2 is 2.00 bits per heavy atom. The molecule has 0 saturated heterocycles. The third-order valence-electron chi connectivity index (χ3n) is 3.72. The van der Waals surface area contributed by atoms with Crippen molar-refractivity contribution in [3.63, 3.8) is 0 Å². The molecule has 0 bridgehead atoms. The summed E-state index contributed by atoms with van der Waals surface area (Å²) in [5.41, 5.74) is 1.13. The highest BCUT2D eigenvalue weighted by molar-refractivity contribution is 9.10. The van der Waals surface area contributed by atoms with E-state index in [1.165, 1.54) is 0 Å². The Hall–Kier alpha value is -0.910. The van der Waals surface area contributed by atoms with Crippen LogP contribution in [0.4, 0.5) is 0 Å². The lowest BCUT2D eigenvalue weighted by atomic mass is 10.00. The summed E-state index contributed by atoms with van der Waals surface area (Å²) in [5.74, 6) is 0.424. The zero-order chi connectivity index (χ0) is 17.2. The minimum atomic E-state index is -0.462. The maximum Gasteiger partial charge on any atom is 0.248 e. The number of halogens is 1. The lowest BCUT2D eigenvalue weighted by Gasteiger charge is -2.18. The van der Waals surface area contributed by atoms with Crippen molar-refractivity contribution < 1.29 is 14.6 Å². The summed E-state index contributed by atoms with van der Waals surface area (Å²) in [6, 6.07) is 7.93. The Morgan fingerprint density at radius 3 is 2.61 bits per heavy atom. The van der Waals surface area contributed by atoms with Gasteiger partial charge in [0, 0.05) is 30.1 Å². The van der Waals surface area contributed by atoms with Gasteiger partial charge in [0.15, 0.2) is 0 Å². The van der Waals surface area contributed by atoms with Crippen molar-refractivity contribution >= 4 is 21.8 Å². The first kappa shape index (κ1) is 20.1. The van der Waals surface area contributed by atoms with E-state index in [9.17, 15) is 9.90 Å². The molecule has 1 rings (SSSR count). The number of rotatable bonds is 10. The maximum atomic E-state index is 12.0. The molecule has 0 fully saturated rings. The number of aliphatic hydroxyl groups is 1. The molecule has 23 heavy (non-hydrogen) atoms. The summed E-state index contributed by atoms with van der Waals surface area (Å²) in [5, 5.41) is 12.4. The molecule has 0 aliphatic rings. The summed E-state index contributed by atoms with van der Waals surface area (Å²) in [6.07, 6.45) is 1.19. The van der Waals surface area contributed by atoms with Crippen LogP contribution < -0.4 is 5.32 Å². The molecule has 0 spiro atoms. The van der Waals surface area contributed by atoms with Gasteiger partial charge in [0.05, 0.1) is 0 Å². The number of carbonyl (C=O) groups excluding carboxylic acids is 1. The van der Waals surface area contributed by atoms with Crippen LogP contribution in [0.5, 0.6) is 0 Å². The van der Waals surface area contributed by atoms with Crippen molar-refractivity contribution in [1.29, 1.82) is 0 Å². The summed E-state index contributed by atoms with van der Waals surface area (Å²) >= 11 is 3.51. The van der Waals surface area contributed by atoms with Crippen molar-refractivity contribution in [1.82, 2.24) is 5.32 Å². The summed E-state index contributed by atoms with van der Waals surface area (Å²) in [4.78, 5) is 12.0. The summed E-state index contributed by atoms with van der Waals surface area (Å²) in [6.45, 7) is 7.08. The number of carbonyl (C=O) groups is 1. The van der Waals surface area contributed by atoms with Gasteiger partial charge in [-0.3, -0.25) is 4.79 Å². The maximum absolute atomic E-state index is 12.0. The Balaban J connectivity index is 2.38. The van der Waals surface area contributed by atoms with Crippen molar-refractivity contribution in [3.8, 4) is 0 Å². The molecular weight excluding hydrogens is 358 g/mol. The second-order valence-electron chi connectivity index (χ2n) is 6.28. The fourth-order valence-corrected chi connectivity index (χ4v) is 2.57. The molecule has 0 saturated carbocycles. The first-order valence-electron chi connectivity index (χ1n) is 8.17. The van der Waals surface area contributed by atoms with E-state index >= 15 is 0 Å². The standard InChI is InChI=1S/C18H28BrNO3/c1-13(2)8-9-23-14(3)18(22)20-11-15(12-21)10-16-6-4-5-7-17(16)19/h4-7,13-15,21H,8-12H2,1-3H3,(H,20,22)/t14-,15-/m0/s1. The average Bonchev–Trinajstić information content (AvgIpc) is 2.52.